The summed E-state index contributed by atoms with van der Waals surface area (Å²) in [6.07, 6.45) is 6.90. The second kappa shape index (κ2) is 8.10. The number of amides is 1. The van der Waals surface area contributed by atoms with Crippen molar-refractivity contribution in [2.24, 2.45) is 5.92 Å². The number of aromatic nitrogens is 3. The molecule has 144 valence electrons. The molecule has 0 saturated carbocycles. The van der Waals surface area contributed by atoms with Crippen molar-refractivity contribution in [3.8, 4) is 0 Å². The van der Waals surface area contributed by atoms with Gasteiger partial charge in [-0.15, -0.1) is 0 Å². The van der Waals surface area contributed by atoms with E-state index in [0.717, 1.165) is 30.2 Å². The van der Waals surface area contributed by atoms with Crippen LogP contribution in [0.3, 0.4) is 0 Å². The Balaban J connectivity index is 1.58. The number of carbonyl (C=O) groups excluding carboxylic acids is 1. The third-order valence-corrected chi connectivity index (χ3v) is 5.54. The first-order valence-electron chi connectivity index (χ1n) is 9.49. The average Bonchev–Trinajstić information content (AvgIpc) is 2.73. The second-order valence-electron chi connectivity index (χ2n) is 7.17. The first kappa shape index (κ1) is 18.6. The van der Waals surface area contributed by atoms with Crippen LogP contribution in [0.25, 0.3) is 10.8 Å². The van der Waals surface area contributed by atoms with Crippen molar-refractivity contribution < 1.29 is 4.79 Å². The minimum atomic E-state index is -0.0211. The molecule has 28 heavy (non-hydrogen) atoms. The van der Waals surface area contributed by atoms with E-state index in [0.29, 0.717) is 29.1 Å². The van der Waals surface area contributed by atoms with Gasteiger partial charge in [-0.25, -0.2) is 9.97 Å². The number of fused-ring (bicyclic) bond motifs is 1. The van der Waals surface area contributed by atoms with Crippen LogP contribution in [0, 0.1) is 5.92 Å². The number of likely N-dealkylation sites (tertiary alicyclic amines) is 1. The molecule has 3 aromatic rings. The molecular weight excluding hydrogens is 374 g/mol. The first-order valence-corrected chi connectivity index (χ1v) is 9.87. The van der Waals surface area contributed by atoms with Gasteiger partial charge in [-0.2, -0.15) is 0 Å². The van der Waals surface area contributed by atoms with Crippen molar-refractivity contribution in [1.29, 1.82) is 0 Å². The number of piperidine rings is 1. The lowest BCUT2D eigenvalue weighted by molar-refractivity contribution is 0.0536. The molecule has 1 fully saturated rings. The number of benzene rings is 1. The zero-order valence-corrected chi connectivity index (χ0v) is 16.4. The molecule has 2 atom stereocenters. The maximum atomic E-state index is 13.4. The van der Waals surface area contributed by atoms with E-state index in [1.165, 1.54) is 0 Å². The molecular formula is C21H22ClN5O. The van der Waals surface area contributed by atoms with Gasteiger partial charge < -0.3 is 10.2 Å². The lowest BCUT2D eigenvalue weighted by Gasteiger charge is -2.40. The highest BCUT2D eigenvalue weighted by atomic mass is 35.5. The van der Waals surface area contributed by atoms with Gasteiger partial charge in [0.2, 0.25) is 5.95 Å². The van der Waals surface area contributed by atoms with Gasteiger partial charge >= 0.3 is 0 Å². The summed E-state index contributed by atoms with van der Waals surface area (Å²) >= 11 is 5.85. The summed E-state index contributed by atoms with van der Waals surface area (Å²) in [4.78, 5) is 28.2. The normalized spacial score (nSPS) is 19.6. The number of halogens is 1. The van der Waals surface area contributed by atoms with Gasteiger partial charge in [0.25, 0.3) is 5.91 Å². The smallest absolute Gasteiger partial charge is 0.273 e. The fraction of sp³-hybridized carbons (Fsp3) is 0.333. The molecule has 0 bridgehead atoms. The quantitative estimate of drug-likeness (QED) is 0.722. The molecule has 0 aliphatic carbocycles. The Morgan fingerprint density at radius 1 is 1.21 bits per heavy atom. The van der Waals surface area contributed by atoms with Crippen LogP contribution < -0.4 is 5.32 Å². The largest absolute Gasteiger partial charge is 0.352 e. The molecule has 6 nitrogen and oxygen atoms in total. The van der Waals surface area contributed by atoms with Gasteiger partial charge in [0, 0.05) is 24.7 Å². The molecule has 1 aromatic carbocycles. The van der Waals surface area contributed by atoms with Crippen LogP contribution in [0.15, 0.2) is 48.9 Å². The van der Waals surface area contributed by atoms with E-state index in [-0.39, 0.29) is 11.9 Å². The minimum Gasteiger partial charge on any atom is -0.352 e. The fourth-order valence-corrected chi connectivity index (χ4v) is 3.94. The predicted octanol–water partition coefficient (Wildman–Crippen LogP) is 4.03. The average molecular weight is 396 g/mol. The molecule has 0 spiro atoms. The van der Waals surface area contributed by atoms with Crippen LogP contribution in [-0.2, 0) is 0 Å². The van der Waals surface area contributed by atoms with Crippen molar-refractivity contribution >= 4 is 34.2 Å². The van der Waals surface area contributed by atoms with Crippen LogP contribution in [-0.4, -0.2) is 44.9 Å². The van der Waals surface area contributed by atoms with Crippen LogP contribution >= 0.6 is 11.6 Å². The zero-order chi connectivity index (χ0) is 19.5. The van der Waals surface area contributed by atoms with Gasteiger partial charge in [0.15, 0.2) is 0 Å². The number of pyridine rings is 1. The fourth-order valence-electron chi connectivity index (χ4n) is 3.84. The molecule has 4 rings (SSSR count). The Bertz CT molecular complexity index is 973. The van der Waals surface area contributed by atoms with E-state index in [1.54, 1.807) is 18.6 Å². The summed E-state index contributed by atoms with van der Waals surface area (Å²) < 4.78 is 0. The second-order valence-corrected chi connectivity index (χ2v) is 7.61. The minimum absolute atomic E-state index is 0.0211. The number of nitrogens with zero attached hydrogens (tertiary/aromatic N) is 4. The van der Waals surface area contributed by atoms with Gasteiger partial charge in [-0.3, -0.25) is 9.78 Å². The van der Waals surface area contributed by atoms with Gasteiger partial charge in [0.05, 0.1) is 23.5 Å². The van der Waals surface area contributed by atoms with E-state index in [9.17, 15) is 4.79 Å². The standard InChI is InChI=1S/C21H22ClN5O/c1-14-5-4-10-27(18(14)13-26-21-24-11-16(22)12-25-21)20(28)19-17-7-3-2-6-15(17)8-9-23-19/h2-3,6-9,11-12,14,18H,4-5,10,13H2,1H3,(H,24,25,26)/t14-,18?/m1/s1. The highest BCUT2D eigenvalue weighted by Crippen LogP contribution is 2.27. The number of rotatable bonds is 4. The molecule has 1 amide bonds. The SMILES string of the molecule is C[C@@H]1CCCN(C(=O)c2nccc3ccccc23)C1CNc1ncc(Cl)cn1. The third kappa shape index (κ3) is 3.78. The molecule has 0 radical (unpaired) electrons. The van der Waals surface area contributed by atoms with E-state index < -0.39 is 0 Å². The monoisotopic (exact) mass is 395 g/mol. The zero-order valence-electron chi connectivity index (χ0n) is 15.7. The van der Waals surface area contributed by atoms with Crippen LogP contribution in [0.1, 0.15) is 30.3 Å². The number of hydrogen-bond acceptors (Lipinski definition) is 5. The summed E-state index contributed by atoms with van der Waals surface area (Å²) in [6.45, 7) is 3.49. The molecule has 1 aliphatic heterocycles. The summed E-state index contributed by atoms with van der Waals surface area (Å²) in [5.74, 6) is 0.859. The molecule has 2 aromatic heterocycles. The predicted molar refractivity (Wildman–Crippen MR) is 110 cm³/mol. The van der Waals surface area contributed by atoms with Crippen molar-refractivity contribution in [1.82, 2.24) is 19.9 Å². The van der Waals surface area contributed by atoms with Gasteiger partial charge in [-0.05, 0) is 30.2 Å². The highest BCUT2D eigenvalue weighted by Gasteiger charge is 2.33. The molecule has 3 heterocycles. The van der Waals surface area contributed by atoms with Crippen molar-refractivity contribution in [3.63, 3.8) is 0 Å². The molecule has 1 saturated heterocycles. The summed E-state index contributed by atoms with van der Waals surface area (Å²) in [6, 6.07) is 9.85. The molecule has 7 heteroatoms. The molecule has 1 N–H and O–H groups in total. The lowest BCUT2D eigenvalue weighted by Crippen LogP contribution is -2.51. The topological polar surface area (TPSA) is 71.0 Å². The lowest BCUT2D eigenvalue weighted by atomic mass is 9.90. The summed E-state index contributed by atoms with van der Waals surface area (Å²) in [7, 11) is 0. The number of hydrogen-bond donors (Lipinski definition) is 1. The maximum Gasteiger partial charge on any atom is 0.273 e. The number of nitrogens with one attached hydrogen (secondary N) is 1. The van der Waals surface area contributed by atoms with Crippen molar-refractivity contribution in [2.75, 3.05) is 18.4 Å². The number of carbonyl (C=O) groups is 1. The van der Waals surface area contributed by atoms with Crippen LogP contribution in [0.4, 0.5) is 5.95 Å². The Hall–Kier alpha value is -2.73. The van der Waals surface area contributed by atoms with Crippen molar-refractivity contribution in [3.05, 3.63) is 59.6 Å². The summed E-state index contributed by atoms with van der Waals surface area (Å²) in [5, 5.41) is 5.66. The Kier molecular flexibility index (Phi) is 5.39. The van der Waals surface area contributed by atoms with Crippen LogP contribution in [0.5, 0.6) is 0 Å². The Labute approximate surface area is 169 Å². The maximum absolute atomic E-state index is 13.4. The highest BCUT2D eigenvalue weighted by molar-refractivity contribution is 6.30. The first-order chi connectivity index (χ1) is 13.6. The van der Waals surface area contributed by atoms with E-state index in [2.05, 4.69) is 27.2 Å². The third-order valence-electron chi connectivity index (χ3n) is 5.34. The Morgan fingerprint density at radius 3 is 2.82 bits per heavy atom. The van der Waals surface area contributed by atoms with Gasteiger partial charge in [0.1, 0.15) is 5.69 Å². The van der Waals surface area contributed by atoms with E-state index in [1.807, 2.05) is 35.2 Å². The Morgan fingerprint density at radius 2 is 2.00 bits per heavy atom. The van der Waals surface area contributed by atoms with E-state index >= 15 is 0 Å². The molecule has 1 aliphatic rings. The van der Waals surface area contributed by atoms with Crippen molar-refractivity contribution in [2.45, 2.75) is 25.8 Å². The molecule has 1 unspecified atom stereocenters. The van der Waals surface area contributed by atoms with E-state index in [4.69, 9.17) is 11.6 Å². The number of anilines is 1. The van der Waals surface area contributed by atoms with Gasteiger partial charge in [-0.1, -0.05) is 42.8 Å². The van der Waals surface area contributed by atoms with Crippen LogP contribution in [0.2, 0.25) is 5.02 Å². The summed E-state index contributed by atoms with van der Waals surface area (Å²) in [5.41, 5.74) is 0.514.